The molecule has 454 valence electrons. The van der Waals surface area contributed by atoms with Crippen LogP contribution in [0.5, 0.6) is 0 Å². The van der Waals surface area contributed by atoms with E-state index in [0.29, 0.717) is 25.8 Å². The van der Waals surface area contributed by atoms with Gasteiger partial charge in [-0.15, -0.1) is 0 Å². The first-order valence-corrected chi connectivity index (χ1v) is 39.3. The number of likely N-dealkylation sites (tertiary alicyclic amines) is 1. The molecule has 2 aromatic rings. The zero-order chi connectivity index (χ0) is 59.5. The Kier molecular flexibility index (Phi) is 24.6. The number of rotatable bonds is 31. The Bertz CT molecular complexity index is 2640. The number of carbonyl (C=O) groups is 2. The molecule has 1 amide bonds. The van der Waals surface area contributed by atoms with Crippen molar-refractivity contribution >= 4 is 43.4 Å². The summed E-state index contributed by atoms with van der Waals surface area (Å²) in [4.78, 5) is 86.3. The molecule has 0 bridgehead atoms. The molecule has 5 heterocycles. The number of hydrogen-bond donors (Lipinski definition) is 2. The number of aromatic nitrogens is 4. The fourth-order valence-corrected chi connectivity index (χ4v) is 25.1. The van der Waals surface area contributed by atoms with Crippen LogP contribution in [0.1, 0.15) is 173 Å². The number of aromatic amines is 2. The van der Waals surface area contributed by atoms with Gasteiger partial charge < -0.3 is 32.5 Å². The number of esters is 1. The van der Waals surface area contributed by atoms with Crippen molar-refractivity contribution in [2.75, 3.05) is 44.5 Å². The molecule has 3 aliphatic rings. The number of carbonyl (C=O) groups excluding carboxylic acids is 2. The van der Waals surface area contributed by atoms with Gasteiger partial charge in [0.05, 0.1) is 43.8 Å². The van der Waals surface area contributed by atoms with E-state index in [9.17, 15) is 33.3 Å². The lowest BCUT2D eigenvalue weighted by atomic mass is 10.1. The molecular formula is C57H100N5O14P2Si2+. The maximum Gasteiger partial charge on any atom is 0.330 e. The van der Waals surface area contributed by atoms with Crippen LogP contribution in [0.2, 0.25) is 34.8 Å². The standard InChI is InChI=1S/C57H99N5O14P2Si2/c1-17-21-34-78(35-22-18-2,36-23-19-3)37-24-31-60-42(25-27-47(60)65)26-28-48(66)73-49-44(72-53(61-32-29-45(63)58-55(61)67)51(49)76-80(39(5)6,40(7)8)41(9)10)38-70-77(14,69)74-50-43(20-4)71-54(62-33-30-46(64)59-56(62)68)52(50)75-79(15,16)57(11,12)13/h26,29-30,32-33,39-41,43-44,49-54H,17-25,27-28,31,34-38H2,1-16H3,(H-,58,59,63,64,67,68)/p+1/t43-,44-,49+,50+,51?,52?,53-,54-,77?/m1/s1. The van der Waals surface area contributed by atoms with E-state index in [1.54, 1.807) is 6.08 Å². The number of hydrogen-bond acceptors (Lipinski definition) is 14. The van der Waals surface area contributed by atoms with Crippen LogP contribution in [0.3, 0.4) is 0 Å². The largest absolute Gasteiger partial charge is 0.456 e. The highest BCUT2D eigenvalue weighted by Gasteiger charge is 2.57. The number of nitrogens with one attached hydrogen (secondary N) is 2. The maximum absolute atomic E-state index is 15.0. The molecule has 0 saturated carbocycles. The molecule has 3 aliphatic heterocycles. The monoisotopic (exact) mass is 1200 g/mol. The highest BCUT2D eigenvalue weighted by atomic mass is 31.2. The number of amides is 1. The lowest BCUT2D eigenvalue weighted by Crippen LogP contribution is -2.54. The second kappa shape index (κ2) is 29.1. The van der Waals surface area contributed by atoms with Crippen LogP contribution in [0, 0.1) is 0 Å². The number of ether oxygens (including phenoxy) is 3. The molecule has 2 N–H and O–H groups in total. The maximum atomic E-state index is 15.0. The van der Waals surface area contributed by atoms with Gasteiger partial charge >= 0.3 is 24.9 Å². The molecule has 3 fully saturated rings. The van der Waals surface area contributed by atoms with Crippen molar-refractivity contribution in [3.63, 3.8) is 0 Å². The third kappa shape index (κ3) is 16.6. The fraction of sp³-hybridized carbons (Fsp3) is 0.789. The second-order valence-electron chi connectivity index (χ2n) is 25.0. The number of allylic oxidation sites excluding steroid dienone is 1. The Morgan fingerprint density at radius 3 is 1.69 bits per heavy atom. The van der Waals surface area contributed by atoms with Crippen molar-refractivity contribution in [3.05, 3.63) is 78.0 Å². The summed E-state index contributed by atoms with van der Waals surface area (Å²) in [6, 6.07) is 2.42. The summed E-state index contributed by atoms with van der Waals surface area (Å²) in [6.07, 6.45) is 10.1. The SMILES string of the molecule is CCCC[P+](CCCC)(CCCC)CCCN1C(=O)CCC1=CCC(=O)O[C@@H]1C(O[Si](C(C)C)(C(C)C)C(C)C)[C@H](n2ccc(=O)[nH]c2=O)O[C@@H]1COP(C)(=O)O[C@@H]1C(O[Si](C)(C)C(C)(C)C)[C@H](n2ccc(=O)[nH]c2=O)O[C@@H]1CC. The van der Waals surface area contributed by atoms with Crippen molar-refractivity contribution in [2.24, 2.45) is 0 Å². The summed E-state index contributed by atoms with van der Waals surface area (Å²) in [6.45, 7) is 33.0. The van der Waals surface area contributed by atoms with Gasteiger partial charge in [-0.3, -0.25) is 47.4 Å². The Morgan fingerprint density at radius 1 is 0.738 bits per heavy atom. The van der Waals surface area contributed by atoms with Gasteiger partial charge in [0, 0.05) is 57.1 Å². The van der Waals surface area contributed by atoms with Gasteiger partial charge in [-0.05, 0) is 73.3 Å². The zero-order valence-corrected chi connectivity index (χ0v) is 55.0. The molecule has 0 spiro atoms. The molecule has 3 unspecified atom stereocenters. The van der Waals surface area contributed by atoms with Gasteiger partial charge in [-0.2, -0.15) is 0 Å². The molecule has 23 heteroatoms. The third-order valence-corrected chi connectivity index (χ3v) is 34.2. The van der Waals surface area contributed by atoms with Crippen LogP contribution < -0.4 is 22.5 Å². The summed E-state index contributed by atoms with van der Waals surface area (Å²) in [5.41, 5.74) is -1.78. The number of unbranched alkanes of at least 4 members (excludes halogenated alkanes) is 3. The van der Waals surface area contributed by atoms with E-state index in [1.807, 2.05) is 24.9 Å². The first kappa shape index (κ1) is 67.7. The minimum Gasteiger partial charge on any atom is -0.456 e. The quantitative estimate of drug-likeness (QED) is 0.0407. The van der Waals surface area contributed by atoms with Gasteiger partial charge in [0.1, 0.15) is 24.4 Å². The second-order valence-corrected chi connectivity index (χ2v) is 41.7. The molecule has 9 atom stereocenters. The van der Waals surface area contributed by atoms with Crippen molar-refractivity contribution in [2.45, 2.75) is 244 Å². The summed E-state index contributed by atoms with van der Waals surface area (Å²) < 4.78 is 64.5. The van der Waals surface area contributed by atoms with Gasteiger partial charge in [-0.25, -0.2) is 9.59 Å². The Morgan fingerprint density at radius 2 is 1.23 bits per heavy atom. The molecule has 19 nitrogen and oxygen atoms in total. The summed E-state index contributed by atoms with van der Waals surface area (Å²) in [5, 5.41) is -0.306. The van der Waals surface area contributed by atoms with Gasteiger partial charge in [-0.1, -0.05) is 115 Å². The number of H-pyrrole nitrogens is 2. The van der Waals surface area contributed by atoms with E-state index in [0.717, 1.165) is 18.3 Å². The fourth-order valence-electron chi connectivity index (χ4n) is 12.0. The molecule has 80 heavy (non-hydrogen) atoms. The summed E-state index contributed by atoms with van der Waals surface area (Å²) >= 11 is 0. The summed E-state index contributed by atoms with van der Waals surface area (Å²) in [5.74, 6) is -0.586. The molecular weight excluding hydrogens is 1100 g/mol. The van der Waals surface area contributed by atoms with Crippen LogP contribution >= 0.6 is 14.9 Å². The van der Waals surface area contributed by atoms with Crippen LogP contribution in [-0.2, 0) is 46.3 Å². The molecule has 2 aromatic heterocycles. The van der Waals surface area contributed by atoms with Gasteiger partial charge in [0.25, 0.3) is 11.1 Å². The van der Waals surface area contributed by atoms with Crippen molar-refractivity contribution in [1.82, 2.24) is 24.0 Å². The highest BCUT2D eigenvalue weighted by Crippen LogP contribution is 2.61. The van der Waals surface area contributed by atoms with Crippen LogP contribution in [0.4, 0.5) is 0 Å². The van der Waals surface area contributed by atoms with Crippen LogP contribution in [0.15, 0.2) is 55.5 Å². The van der Waals surface area contributed by atoms with Crippen LogP contribution in [0.25, 0.3) is 0 Å². The first-order chi connectivity index (χ1) is 37.5. The average Bonchev–Trinajstić information content (AvgIpc) is 4.01. The summed E-state index contributed by atoms with van der Waals surface area (Å²) in [7, 11) is -11.0. The third-order valence-electron chi connectivity index (χ3n) is 17.3. The van der Waals surface area contributed by atoms with E-state index < -0.39 is 116 Å². The smallest absolute Gasteiger partial charge is 0.330 e. The normalized spacial score (nSPS) is 24.5. The minimum atomic E-state index is -4.18. The van der Waals surface area contributed by atoms with Crippen LogP contribution in [-0.4, -0.2) is 134 Å². The Labute approximate surface area is 478 Å². The Hall–Kier alpha value is -3.11. The topological polar surface area (TPSA) is 229 Å². The van der Waals surface area contributed by atoms with E-state index in [4.69, 9.17) is 32.1 Å². The van der Waals surface area contributed by atoms with Crippen molar-refractivity contribution in [3.8, 4) is 0 Å². The van der Waals surface area contributed by atoms with E-state index in [2.05, 4.69) is 93.1 Å². The highest BCUT2D eigenvalue weighted by molar-refractivity contribution is 7.75. The first-order valence-electron chi connectivity index (χ1n) is 29.7. The molecule has 3 saturated heterocycles. The number of nitrogens with zero attached hydrogens (tertiary/aromatic N) is 3. The van der Waals surface area contributed by atoms with E-state index in [-0.39, 0.29) is 34.0 Å². The molecule has 0 aromatic carbocycles. The van der Waals surface area contributed by atoms with E-state index in [1.165, 1.54) is 97.3 Å². The van der Waals surface area contributed by atoms with Crippen molar-refractivity contribution < 1.29 is 46.3 Å². The predicted octanol–water partition coefficient (Wildman–Crippen LogP) is 11.1. The Balaban J connectivity index is 1.51. The molecule has 5 rings (SSSR count). The van der Waals surface area contributed by atoms with Gasteiger partial charge in [0.15, 0.2) is 26.9 Å². The average molecular weight is 1200 g/mol. The minimum absolute atomic E-state index is 0.0386. The predicted molar refractivity (Wildman–Crippen MR) is 322 cm³/mol. The zero-order valence-electron chi connectivity index (χ0n) is 51.2. The van der Waals surface area contributed by atoms with Crippen molar-refractivity contribution in [1.29, 1.82) is 0 Å². The molecule has 0 aliphatic carbocycles. The van der Waals surface area contributed by atoms with E-state index >= 15 is 0 Å². The lowest BCUT2D eigenvalue weighted by molar-refractivity contribution is -0.155. The van der Waals surface area contributed by atoms with Gasteiger partial charge in [0.2, 0.25) is 14.2 Å². The lowest BCUT2D eigenvalue weighted by Gasteiger charge is -2.45. The molecule has 0 radical (unpaired) electrons.